The van der Waals surface area contributed by atoms with Gasteiger partial charge in [-0.05, 0) is 17.7 Å². The van der Waals surface area contributed by atoms with Gasteiger partial charge in [0.2, 0.25) is 0 Å². The Hall–Kier alpha value is -1.46. The van der Waals surface area contributed by atoms with Crippen LogP contribution in [0.1, 0.15) is 11.1 Å². The van der Waals surface area contributed by atoms with Crippen molar-refractivity contribution in [2.24, 2.45) is 0 Å². The van der Waals surface area contributed by atoms with E-state index in [4.69, 9.17) is 22.1 Å². The Bertz CT molecular complexity index is 621. The van der Waals surface area contributed by atoms with Gasteiger partial charge in [0.15, 0.2) is 5.82 Å². The Morgan fingerprint density at radius 1 is 1.32 bits per heavy atom. The Balaban J connectivity index is 1.83. The van der Waals surface area contributed by atoms with Crippen molar-refractivity contribution in [2.75, 3.05) is 12.3 Å². The Morgan fingerprint density at radius 2 is 2.16 bits per heavy atom. The van der Waals surface area contributed by atoms with Crippen molar-refractivity contribution in [2.45, 2.75) is 17.2 Å². The first-order valence-electron chi connectivity index (χ1n) is 5.87. The highest BCUT2D eigenvalue weighted by Gasteiger charge is 2.18. The molecule has 1 aliphatic heterocycles. The molecule has 3 rings (SSSR count). The van der Waals surface area contributed by atoms with E-state index < -0.39 is 0 Å². The maximum atomic E-state index is 6.12. The number of ether oxygens (including phenoxy) is 1. The highest BCUT2D eigenvalue weighted by Crippen LogP contribution is 2.36. The van der Waals surface area contributed by atoms with Crippen LogP contribution in [0.15, 0.2) is 29.6 Å². The fraction of sp³-hybridized carbons (Fsp3) is 0.231. The normalized spacial score (nSPS) is 13.1. The maximum absolute atomic E-state index is 6.12. The highest BCUT2D eigenvalue weighted by atomic mass is 35.5. The molecule has 0 atom stereocenters. The molecule has 2 heterocycles. The molecule has 1 aromatic carbocycles. The van der Waals surface area contributed by atoms with Crippen molar-refractivity contribution in [3.05, 3.63) is 40.7 Å². The van der Waals surface area contributed by atoms with Gasteiger partial charge in [-0.1, -0.05) is 23.4 Å². The lowest BCUT2D eigenvalue weighted by atomic mass is 10.1. The number of hydrogen-bond donors (Lipinski definition) is 1. The fourth-order valence-electron chi connectivity index (χ4n) is 2.05. The van der Waals surface area contributed by atoms with Crippen LogP contribution >= 0.6 is 23.4 Å². The molecule has 6 heteroatoms. The van der Waals surface area contributed by atoms with E-state index in [9.17, 15) is 0 Å². The van der Waals surface area contributed by atoms with Crippen LogP contribution in [-0.2, 0) is 12.2 Å². The fourth-order valence-corrected chi connectivity index (χ4v) is 3.15. The zero-order valence-corrected chi connectivity index (χ0v) is 11.7. The lowest BCUT2D eigenvalue weighted by Gasteiger charge is -2.09. The second-order valence-electron chi connectivity index (χ2n) is 4.19. The maximum Gasteiger partial charge on any atom is 0.156 e. The molecule has 4 nitrogen and oxygen atoms in total. The van der Waals surface area contributed by atoms with Gasteiger partial charge >= 0.3 is 0 Å². The van der Waals surface area contributed by atoms with Gasteiger partial charge < -0.3 is 10.5 Å². The quantitative estimate of drug-likeness (QED) is 0.882. The van der Waals surface area contributed by atoms with Crippen LogP contribution in [0.25, 0.3) is 0 Å². The molecule has 0 bridgehead atoms. The highest BCUT2D eigenvalue weighted by molar-refractivity contribution is 7.98. The summed E-state index contributed by atoms with van der Waals surface area (Å²) in [5, 5.41) is 1.47. The summed E-state index contributed by atoms with van der Waals surface area (Å²) in [7, 11) is 0. The van der Waals surface area contributed by atoms with E-state index in [0.717, 1.165) is 34.4 Å². The smallest absolute Gasteiger partial charge is 0.156 e. The molecule has 0 amide bonds. The second kappa shape index (κ2) is 5.27. The lowest BCUT2D eigenvalue weighted by Crippen LogP contribution is -1.96. The van der Waals surface area contributed by atoms with Crippen molar-refractivity contribution in [1.82, 2.24) is 9.97 Å². The van der Waals surface area contributed by atoms with Gasteiger partial charge in [0.1, 0.15) is 10.8 Å². The van der Waals surface area contributed by atoms with Gasteiger partial charge in [-0.25, -0.2) is 9.97 Å². The van der Waals surface area contributed by atoms with Crippen molar-refractivity contribution in [1.29, 1.82) is 0 Å². The molecule has 1 aliphatic rings. The summed E-state index contributed by atoms with van der Waals surface area (Å²) in [6, 6.07) is 3.90. The monoisotopic (exact) mass is 293 g/mol. The summed E-state index contributed by atoms with van der Waals surface area (Å²) in [4.78, 5) is 8.23. The molecule has 19 heavy (non-hydrogen) atoms. The first kappa shape index (κ1) is 12.6. The van der Waals surface area contributed by atoms with Crippen molar-refractivity contribution in [3.63, 3.8) is 0 Å². The van der Waals surface area contributed by atoms with E-state index in [1.165, 1.54) is 17.3 Å². The van der Waals surface area contributed by atoms with Crippen LogP contribution in [0.3, 0.4) is 0 Å². The number of nitrogen functional groups attached to an aromatic ring is 1. The number of hydrogen-bond acceptors (Lipinski definition) is 5. The molecule has 2 aromatic rings. The summed E-state index contributed by atoms with van der Waals surface area (Å²) < 4.78 is 5.66. The van der Waals surface area contributed by atoms with E-state index in [2.05, 4.69) is 9.97 Å². The molecule has 0 unspecified atom stereocenters. The Labute approximate surface area is 120 Å². The number of nitrogens with two attached hydrogens (primary N) is 1. The number of nitrogens with zero attached hydrogens (tertiary/aromatic N) is 2. The second-order valence-corrected chi connectivity index (χ2v) is 5.59. The third kappa shape index (κ3) is 2.62. The average molecular weight is 294 g/mol. The molecule has 0 saturated heterocycles. The summed E-state index contributed by atoms with van der Waals surface area (Å²) in [5.41, 5.74) is 8.03. The molecule has 2 N–H and O–H groups in total. The third-order valence-corrected chi connectivity index (χ3v) is 4.14. The minimum Gasteiger partial charge on any atom is -0.493 e. The third-order valence-electron chi connectivity index (χ3n) is 2.88. The summed E-state index contributed by atoms with van der Waals surface area (Å²) in [6.45, 7) is 0.723. The molecule has 0 saturated carbocycles. The zero-order valence-electron chi connectivity index (χ0n) is 10.1. The topological polar surface area (TPSA) is 61.0 Å². The van der Waals surface area contributed by atoms with Gasteiger partial charge in [-0.15, -0.1) is 0 Å². The van der Waals surface area contributed by atoms with Crippen LogP contribution in [0, 0.1) is 0 Å². The number of fused-ring (bicyclic) bond motifs is 1. The Morgan fingerprint density at radius 3 is 3.00 bits per heavy atom. The van der Waals surface area contributed by atoms with Crippen LogP contribution in [-0.4, -0.2) is 16.6 Å². The van der Waals surface area contributed by atoms with Gasteiger partial charge in [0, 0.05) is 35.2 Å². The van der Waals surface area contributed by atoms with Crippen molar-refractivity contribution in [3.8, 4) is 5.75 Å². The van der Waals surface area contributed by atoms with E-state index in [0.29, 0.717) is 11.6 Å². The standard InChI is InChI=1S/C13H12ClN3OS/c14-10-5-8-1-4-18-11(8)9(6-10)7-19-13-12(15)16-2-3-17-13/h2-3,5-6H,1,4,7H2,(H2,15,16). The summed E-state index contributed by atoms with van der Waals surface area (Å²) in [5.74, 6) is 2.12. The number of aromatic nitrogens is 2. The number of halogens is 1. The number of anilines is 1. The molecule has 0 radical (unpaired) electrons. The molecular weight excluding hydrogens is 282 g/mol. The number of thioether (sulfide) groups is 1. The largest absolute Gasteiger partial charge is 0.493 e. The van der Waals surface area contributed by atoms with Gasteiger partial charge in [-0.3, -0.25) is 0 Å². The van der Waals surface area contributed by atoms with Crippen LogP contribution < -0.4 is 10.5 Å². The van der Waals surface area contributed by atoms with Crippen LogP contribution in [0.4, 0.5) is 5.82 Å². The van der Waals surface area contributed by atoms with E-state index in [-0.39, 0.29) is 0 Å². The first-order valence-corrected chi connectivity index (χ1v) is 7.24. The predicted octanol–water partition coefficient (Wildman–Crippen LogP) is 2.94. The van der Waals surface area contributed by atoms with Crippen LogP contribution in [0.5, 0.6) is 5.75 Å². The molecule has 0 fully saturated rings. The molecule has 0 spiro atoms. The van der Waals surface area contributed by atoms with E-state index in [1.54, 1.807) is 12.4 Å². The minimum absolute atomic E-state index is 0.451. The van der Waals surface area contributed by atoms with E-state index >= 15 is 0 Å². The molecular formula is C13H12ClN3OS. The first-order chi connectivity index (χ1) is 9.24. The number of benzene rings is 1. The average Bonchev–Trinajstić information content (AvgIpc) is 2.85. The van der Waals surface area contributed by atoms with Crippen LogP contribution in [0.2, 0.25) is 5.02 Å². The number of rotatable bonds is 3. The minimum atomic E-state index is 0.451. The summed E-state index contributed by atoms with van der Waals surface area (Å²) >= 11 is 7.66. The van der Waals surface area contributed by atoms with Gasteiger partial charge in [0.05, 0.1) is 6.61 Å². The van der Waals surface area contributed by atoms with E-state index in [1.807, 2.05) is 12.1 Å². The van der Waals surface area contributed by atoms with Crippen molar-refractivity contribution < 1.29 is 4.74 Å². The molecule has 0 aliphatic carbocycles. The van der Waals surface area contributed by atoms with Gasteiger partial charge in [-0.2, -0.15) is 0 Å². The molecule has 1 aromatic heterocycles. The summed E-state index contributed by atoms with van der Waals surface area (Å²) in [6.07, 6.45) is 4.14. The Kier molecular flexibility index (Phi) is 3.48. The molecule has 98 valence electrons. The predicted molar refractivity (Wildman–Crippen MR) is 76.7 cm³/mol. The van der Waals surface area contributed by atoms with Gasteiger partial charge in [0.25, 0.3) is 0 Å². The zero-order chi connectivity index (χ0) is 13.2. The van der Waals surface area contributed by atoms with Crippen molar-refractivity contribution >= 4 is 29.2 Å². The lowest BCUT2D eigenvalue weighted by molar-refractivity contribution is 0.354. The SMILES string of the molecule is Nc1nccnc1SCc1cc(Cl)cc2c1OCC2.